The fourth-order valence-corrected chi connectivity index (χ4v) is 2.03. The van der Waals surface area contributed by atoms with Gasteiger partial charge in [0.2, 0.25) is 0 Å². The van der Waals surface area contributed by atoms with Crippen LogP contribution in [0.1, 0.15) is 0 Å². The predicted molar refractivity (Wildman–Crippen MR) is 69.2 cm³/mol. The highest BCUT2D eigenvalue weighted by molar-refractivity contribution is 9.10. The molecular weight excluding hydrogens is 312 g/mol. The number of carboxylic acids is 1. The van der Waals surface area contributed by atoms with Crippen molar-refractivity contribution in [1.82, 2.24) is 0 Å². The zero-order valence-corrected chi connectivity index (χ0v) is 11.0. The lowest BCUT2D eigenvalue weighted by atomic mass is 10.2. The molecule has 0 bridgehead atoms. The zero-order chi connectivity index (χ0) is 13.0. The number of hydrogen-bond acceptors (Lipinski definition) is 4. The summed E-state index contributed by atoms with van der Waals surface area (Å²) >= 11 is 1.02. The van der Waals surface area contributed by atoms with Gasteiger partial charge in [-0.25, -0.2) is 9.00 Å². The van der Waals surface area contributed by atoms with Crippen LogP contribution in [0, 0.1) is 0 Å². The predicted octanol–water partition coefficient (Wildman–Crippen LogP) is 1.12. The number of carboxylic acid groups (broad SMARTS) is 1. The molecule has 0 spiro atoms. The van der Waals surface area contributed by atoms with Crippen molar-refractivity contribution in [2.24, 2.45) is 0 Å². The van der Waals surface area contributed by atoms with Gasteiger partial charge in [-0.15, -0.1) is 0 Å². The summed E-state index contributed by atoms with van der Waals surface area (Å²) < 4.78 is 20.1. The fourth-order valence-electron chi connectivity index (χ4n) is 1.16. The molecule has 0 saturated carbocycles. The van der Waals surface area contributed by atoms with E-state index < -0.39 is 28.8 Å². The second-order valence-corrected chi connectivity index (χ2v) is 5.15. The molecule has 0 aliphatic rings. The van der Waals surface area contributed by atoms with Gasteiger partial charge >= 0.3 is 5.97 Å². The van der Waals surface area contributed by atoms with Gasteiger partial charge in [-0.05, 0) is 18.2 Å². The normalized spacial score (nSPS) is 14.0. The maximum atomic E-state index is 10.9. The molecule has 6 nitrogen and oxygen atoms in total. The van der Waals surface area contributed by atoms with Crippen molar-refractivity contribution >= 4 is 44.4 Å². The fraction of sp³-hybridized carbons (Fsp3) is 0.222. The largest absolute Gasteiger partial charge is 0.480 e. The number of hydrogen-bond donors (Lipinski definition) is 4. The maximum absolute atomic E-state index is 10.9. The van der Waals surface area contributed by atoms with Crippen LogP contribution in [0.3, 0.4) is 0 Å². The summed E-state index contributed by atoms with van der Waals surface area (Å²) in [5, 5.41) is 11.5. The van der Waals surface area contributed by atoms with Crippen LogP contribution in [0.15, 0.2) is 22.7 Å². The van der Waals surface area contributed by atoms with Crippen molar-refractivity contribution in [1.29, 1.82) is 0 Å². The molecule has 0 aliphatic carbocycles. The van der Waals surface area contributed by atoms with Crippen molar-refractivity contribution < 1.29 is 18.7 Å². The number of carbonyl (C=O) groups is 1. The highest BCUT2D eigenvalue weighted by atomic mass is 79.9. The lowest BCUT2D eigenvalue weighted by Gasteiger charge is -2.15. The quantitative estimate of drug-likeness (QED) is 0.477. The Bertz CT molecular complexity index is 455. The summed E-state index contributed by atoms with van der Waals surface area (Å²) in [5.41, 5.74) is 6.42. The van der Waals surface area contributed by atoms with Crippen LogP contribution in [0.5, 0.6) is 0 Å². The summed E-state index contributed by atoms with van der Waals surface area (Å²) in [6.45, 7) is 0. The topological polar surface area (TPSA) is 113 Å². The number of nitrogens with one attached hydrogen (secondary N) is 1. The minimum absolute atomic E-state index is 0.364. The second-order valence-electron chi connectivity index (χ2n) is 3.25. The Morgan fingerprint density at radius 1 is 1.59 bits per heavy atom. The van der Waals surface area contributed by atoms with Crippen molar-refractivity contribution in [2.45, 2.75) is 6.04 Å². The second kappa shape index (κ2) is 5.99. The minimum Gasteiger partial charge on any atom is -0.480 e. The van der Waals surface area contributed by atoms with Gasteiger partial charge in [0.15, 0.2) is 11.1 Å². The van der Waals surface area contributed by atoms with E-state index in [2.05, 4.69) is 21.2 Å². The number of anilines is 2. The number of rotatable bonds is 5. The molecule has 5 N–H and O–H groups in total. The van der Waals surface area contributed by atoms with E-state index in [0.717, 1.165) is 4.47 Å². The summed E-state index contributed by atoms with van der Waals surface area (Å²) in [4.78, 5) is 10.9. The zero-order valence-electron chi connectivity index (χ0n) is 8.59. The molecule has 1 aromatic carbocycles. The van der Waals surface area contributed by atoms with Crippen molar-refractivity contribution in [2.75, 3.05) is 16.8 Å². The van der Waals surface area contributed by atoms with Gasteiger partial charge in [0.05, 0.1) is 17.1 Å². The molecule has 2 atom stereocenters. The van der Waals surface area contributed by atoms with Crippen LogP contribution in [0.4, 0.5) is 11.4 Å². The molecule has 17 heavy (non-hydrogen) atoms. The van der Waals surface area contributed by atoms with E-state index in [1.165, 1.54) is 0 Å². The third kappa shape index (κ3) is 4.33. The van der Waals surface area contributed by atoms with E-state index in [1.54, 1.807) is 18.2 Å². The molecule has 0 radical (unpaired) electrons. The summed E-state index contributed by atoms with van der Waals surface area (Å²) in [7, 11) is 0. The van der Waals surface area contributed by atoms with E-state index >= 15 is 0 Å². The van der Waals surface area contributed by atoms with Gasteiger partial charge < -0.3 is 20.7 Å². The first kappa shape index (κ1) is 13.9. The van der Waals surface area contributed by atoms with Crippen molar-refractivity contribution in [3.8, 4) is 0 Å². The number of halogens is 1. The Morgan fingerprint density at radius 3 is 2.76 bits per heavy atom. The van der Waals surface area contributed by atoms with Gasteiger partial charge in [0.1, 0.15) is 6.04 Å². The monoisotopic (exact) mass is 322 g/mol. The molecule has 0 aromatic heterocycles. The average Bonchev–Trinajstić information content (AvgIpc) is 2.21. The molecule has 0 heterocycles. The summed E-state index contributed by atoms with van der Waals surface area (Å²) in [5.74, 6) is -1.63. The molecule has 0 aliphatic heterocycles. The standard InChI is InChI=1S/C9H11BrN2O4S/c10-5-1-2-6(11)7(3-5)12-8(9(13)14)4-17(15)16/h1-3,8,12H,4,11H2,(H,13,14)(H,15,16)/t8-/m0/s1. The van der Waals surface area contributed by atoms with E-state index in [0.29, 0.717) is 11.4 Å². The third-order valence-electron chi connectivity index (χ3n) is 1.95. The third-order valence-corrected chi connectivity index (χ3v) is 3.06. The highest BCUT2D eigenvalue weighted by Gasteiger charge is 2.20. The number of nitrogen functional groups attached to an aromatic ring is 1. The van der Waals surface area contributed by atoms with Crippen LogP contribution in [0.2, 0.25) is 0 Å². The van der Waals surface area contributed by atoms with Crippen LogP contribution < -0.4 is 11.1 Å². The molecule has 8 heteroatoms. The summed E-state index contributed by atoms with van der Waals surface area (Å²) in [6, 6.07) is 3.74. The first-order valence-electron chi connectivity index (χ1n) is 4.52. The Labute approximate surface area is 109 Å². The van der Waals surface area contributed by atoms with Gasteiger partial charge in [-0.3, -0.25) is 0 Å². The van der Waals surface area contributed by atoms with Crippen molar-refractivity contribution in [3.05, 3.63) is 22.7 Å². The molecule has 1 rings (SSSR count). The number of benzene rings is 1. The first-order chi connectivity index (χ1) is 7.90. The summed E-state index contributed by atoms with van der Waals surface area (Å²) in [6.07, 6.45) is 0. The lowest BCUT2D eigenvalue weighted by Crippen LogP contribution is -2.34. The average molecular weight is 323 g/mol. The van der Waals surface area contributed by atoms with E-state index in [9.17, 15) is 9.00 Å². The van der Waals surface area contributed by atoms with E-state index in [4.69, 9.17) is 15.4 Å². The van der Waals surface area contributed by atoms with Gasteiger partial charge in [-0.2, -0.15) is 0 Å². The Morgan fingerprint density at radius 2 is 2.24 bits per heavy atom. The van der Waals surface area contributed by atoms with Crippen LogP contribution >= 0.6 is 15.9 Å². The molecule has 94 valence electrons. The maximum Gasteiger partial charge on any atom is 0.327 e. The molecule has 0 fully saturated rings. The molecular formula is C9H11BrN2O4S. The Balaban J connectivity index is 2.89. The SMILES string of the molecule is Nc1ccc(Br)cc1N[C@@H](CS(=O)O)C(=O)O. The van der Waals surface area contributed by atoms with Crippen LogP contribution in [-0.2, 0) is 15.9 Å². The molecule has 0 amide bonds. The van der Waals surface area contributed by atoms with Crippen LogP contribution in [0.25, 0.3) is 0 Å². The lowest BCUT2D eigenvalue weighted by molar-refractivity contribution is -0.137. The van der Waals surface area contributed by atoms with Gasteiger partial charge in [0, 0.05) is 4.47 Å². The smallest absolute Gasteiger partial charge is 0.327 e. The van der Waals surface area contributed by atoms with E-state index in [1.807, 2.05) is 0 Å². The Kier molecular flexibility index (Phi) is 4.91. The Hall–Kier alpha value is -1.12. The van der Waals surface area contributed by atoms with Crippen molar-refractivity contribution in [3.63, 3.8) is 0 Å². The van der Waals surface area contributed by atoms with Gasteiger partial charge in [-0.1, -0.05) is 15.9 Å². The van der Waals surface area contributed by atoms with E-state index in [-0.39, 0.29) is 0 Å². The minimum atomic E-state index is -2.20. The highest BCUT2D eigenvalue weighted by Crippen LogP contribution is 2.24. The van der Waals surface area contributed by atoms with Crippen LogP contribution in [-0.4, -0.2) is 31.6 Å². The first-order valence-corrected chi connectivity index (χ1v) is 6.59. The molecule has 0 saturated heterocycles. The number of nitrogens with two attached hydrogens (primary N) is 1. The van der Waals surface area contributed by atoms with Gasteiger partial charge in [0.25, 0.3) is 0 Å². The number of aliphatic carboxylic acids is 1. The molecule has 1 aromatic rings. The molecule has 1 unspecified atom stereocenters.